The quantitative estimate of drug-likeness (QED) is 0.664. The number of sulfonamides is 1. The maximum atomic E-state index is 12.0. The Labute approximate surface area is 115 Å². The summed E-state index contributed by atoms with van der Waals surface area (Å²) < 4.78 is 31.8. The van der Waals surface area contributed by atoms with E-state index in [1.54, 1.807) is 13.1 Å². The zero-order chi connectivity index (χ0) is 14.3. The lowest BCUT2D eigenvalue weighted by atomic mass is 10.4. The minimum absolute atomic E-state index is 0.0977. The molecule has 0 saturated heterocycles. The predicted molar refractivity (Wildman–Crippen MR) is 74.3 cm³/mol. The van der Waals surface area contributed by atoms with Gasteiger partial charge in [0.2, 0.25) is 15.9 Å². The highest BCUT2D eigenvalue weighted by molar-refractivity contribution is 7.90. The number of aromatic nitrogens is 1. The summed E-state index contributed by atoms with van der Waals surface area (Å²) in [6.07, 6.45) is 3.35. The maximum Gasteiger partial charge on any atom is 0.215 e. The second-order valence-corrected chi connectivity index (χ2v) is 6.64. The van der Waals surface area contributed by atoms with Crippen LogP contribution in [0.15, 0.2) is 10.6 Å². The molecule has 1 atom stereocenters. The summed E-state index contributed by atoms with van der Waals surface area (Å²) in [6.45, 7) is 7.03. The standard InChI is InChI=1S/C12H23N3O3S/c1-4-6-13-7-10(3)19(16,17)15-9-12-14-8-11(5-2)18-12/h8,10,13,15H,4-7,9H2,1-3H3. The largest absolute Gasteiger partial charge is 0.444 e. The molecule has 0 saturated carbocycles. The van der Waals surface area contributed by atoms with Crippen molar-refractivity contribution < 1.29 is 12.8 Å². The van der Waals surface area contributed by atoms with E-state index in [0.29, 0.717) is 12.4 Å². The monoisotopic (exact) mass is 289 g/mol. The van der Waals surface area contributed by atoms with E-state index >= 15 is 0 Å². The third-order valence-corrected chi connectivity index (χ3v) is 4.54. The van der Waals surface area contributed by atoms with Gasteiger partial charge in [-0.15, -0.1) is 0 Å². The van der Waals surface area contributed by atoms with Crippen LogP contribution in [0.3, 0.4) is 0 Å². The minimum Gasteiger partial charge on any atom is -0.444 e. The lowest BCUT2D eigenvalue weighted by molar-refractivity contribution is 0.451. The van der Waals surface area contributed by atoms with E-state index in [2.05, 4.69) is 15.0 Å². The van der Waals surface area contributed by atoms with E-state index in [0.717, 1.165) is 25.1 Å². The van der Waals surface area contributed by atoms with Gasteiger partial charge in [-0.05, 0) is 19.9 Å². The molecule has 1 unspecified atom stereocenters. The van der Waals surface area contributed by atoms with Crippen LogP contribution < -0.4 is 10.0 Å². The second-order valence-electron chi connectivity index (χ2n) is 4.45. The smallest absolute Gasteiger partial charge is 0.215 e. The van der Waals surface area contributed by atoms with Gasteiger partial charge in [0.15, 0.2) is 0 Å². The molecule has 110 valence electrons. The van der Waals surface area contributed by atoms with E-state index in [1.165, 1.54) is 0 Å². The fourth-order valence-electron chi connectivity index (χ4n) is 1.49. The van der Waals surface area contributed by atoms with Gasteiger partial charge in [0, 0.05) is 13.0 Å². The Bertz CT molecular complexity index is 470. The average Bonchev–Trinajstić information content (AvgIpc) is 2.84. The molecule has 19 heavy (non-hydrogen) atoms. The predicted octanol–water partition coefficient (Wildman–Crippen LogP) is 1.04. The summed E-state index contributed by atoms with van der Waals surface area (Å²) >= 11 is 0. The number of aryl methyl sites for hydroxylation is 1. The van der Waals surface area contributed by atoms with Crippen LogP contribution in [0, 0.1) is 0 Å². The van der Waals surface area contributed by atoms with Crippen molar-refractivity contribution in [2.75, 3.05) is 13.1 Å². The van der Waals surface area contributed by atoms with E-state index in [4.69, 9.17) is 4.42 Å². The number of oxazole rings is 1. The van der Waals surface area contributed by atoms with Crippen molar-refractivity contribution in [3.8, 4) is 0 Å². The molecule has 2 N–H and O–H groups in total. The molecule has 1 aromatic rings. The molecule has 1 rings (SSSR count). The van der Waals surface area contributed by atoms with Gasteiger partial charge in [-0.3, -0.25) is 0 Å². The summed E-state index contributed by atoms with van der Waals surface area (Å²) in [5.74, 6) is 1.15. The highest BCUT2D eigenvalue weighted by Gasteiger charge is 2.20. The van der Waals surface area contributed by atoms with Crippen LogP contribution >= 0.6 is 0 Å². The summed E-state index contributed by atoms with van der Waals surface area (Å²) in [5, 5.41) is 2.61. The van der Waals surface area contributed by atoms with Crippen molar-refractivity contribution in [3.63, 3.8) is 0 Å². The van der Waals surface area contributed by atoms with E-state index in [9.17, 15) is 8.42 Å². The van der Waals surface area contributed by atoms with Gasteiger partial charge in [0.25, 0.3) is 0 Å². The molecule has 0 amide bonds. The first-order chi connectivity index (χ1) is 8.99. The van der Waals surface area contributed by atoms with Gasteiger partial charge in [-0.1, -0.05) is 13.8 Å². The highest BCUT2D eigenvalue weighted by atomic mass is 32.2. The Hall–Kier alpha value is -0.920. The number of nitrogens with one attached hydrogen (secondary N) is 2. The Morgan fingerprint density at radius 2 is 2.16 bits per heavy atom. The summed E-state index contributed by atoms with van der Waals surface area (Å²) in [4.78, 5) is 4.02. The summed E-state index contributed by atoms with van der Waals surface area (Å²) in [5.41, 5.74) is 0. The van der Waals surface area contributed by atoms with Crippen LogP contribution in [0.2, 0.25) is 0 Å². The number of rotatable bonds is 9. The lowest BCUT2D eigenvalue weighted by Gasteiger charge is -2.13. The van der Waals surface area contributed by atoms with Crippen LogP contribution in [-0.4, -0.2) is 31.7 Å². The van der Waals surface area contributed by atoms with Gasteiger partial charge in [-0.25, -0.2) is 18.1 Å². The fraction of sp³-hybridized carbons (Fsp3) is 0.750. The van der Waals surface area contributed by atoms with Crippen LogP contribution in [-0.2, 0) is 23.0 Å². The molecule has 0 radical (unpaired) electrons. The van der Waals surface area contributed by atoms with Crippen molar-refractivity contribution in [1.29, 1.82) is 0 Å². The van der Waals surface area contributed by atoms with Crippen molar-refractivity contribution in [2.24, 2.45) is 0 Å². The topological polar surface area (TPSA) is 84.2 Å². The molecule has 0 aliphatic carbocycles. The molecule has 0 spiro atoms. The molecule has 1 aromatic heterocycles. The van der Waals surface area contributed by atoms with Crippen LogP contribution in [0.4, 0.5) is 0 Å². The molecule has 7 heteroatoms. The zero-order valence-corrected chi connectivity index (χ0v) is 12.6. The lowest BCUT2D eigenvalue weighted by Crippen LogP contribution is -2.38. The molecular formula is C12H23N3O3S. The van der Waals surface area contributed by atoms with Crippen molar-refractivity contribution >= 4 is 10.0 Å². The minimum atomic E-state index is -3.35. The van der Waals surface area contributed by atoms with Gasteiger partial charge >= 0.3 is 0 Å². The first-order valence-corrected chi connectivity index (χ1v) is 8.17. The number of hydrogen-bond donors (Lipinski definition) is 2. The third kappa shape index (κ3) is 5.30. The normalized spacial score (nSPS) is 13.6. The molecule has 0 aliphatic rings. The average molecular weight is 289 g/mol. The van der Waals surface area contributed by atoms with Crippen LogP contribution in [0.1, 0.15) is 38.8 Å². The summed E-state index contributed by atoms with van der Waals surface area (Å²) in [7, 11) is -3.35. The fourth-order valence-corrected chi connectivity index (χ4v) is 2.44. The van der Waals surface area contributed by atoms with Gasteiger partial charge in [-0.2, -0.15) is 0 Å². The Kier molecular flexibility index (Phi) is 6.47. The molecular weight excluding hydrogens is 266 g/mol. The first kappa shape index (κ1) is 16.1. The number of nitrogens with zero attached hydrogens (tertiary/aromatic N) is 1. The number of hydrogen-bond acceptors (Lipinski definition) is 5. The third-order valence-electron chi connectivity index (χ3n) is 2.76. The highest BCUT2D eigenvalue weighted by Crippen LogP contribution is 2.05. The van der Waals surface area contributed by atoms with Crippen LogP contribution in [0.25, 0.3) is 0 Å². The van der Waals surface area contributed by atoms with E-state index in [1.807, 2.05) is 13.8 Å². The molecule has 0 aromatic carbocycles. The maximum absolute atomic E-state index is 12.0. The van der Waals surface area contributed by atoms with Gasteiger partial charge < -0.3 is 9.73 Å². The zero-order valence-electron chi connectivity index (χ0n) is 11.8. The Balaban J connectivity index is 2.45. The van der Waals surface area contributed by atoms with Crippen molar-refractivity contribution in [2.45, 2.75) is 45.4 Å². The second kappa shape index (κ2) is 7.62. The van der Waals surface area contributed by atoms with Crippen LogP contribution in [0.5, 0.6) is 0 Å². The van der Waals surface area contributed by atoms with Crippen molar-refractivity contribution in [1.82, 2.24) is 15.0 Å². The SMILES string of the molecule is CCCNCC(C)S(=O)(=O)NCc1ncc(CC)o1. The molecule has 1 heterocycles. The van der Waals surface area contributed by atoms with Gasteiger partial charge in [0.1, 0.15) is 5.76 Å². The molecule has 6 nitrogen and oxygen atoms in total. The molecule has 0 aliphatic heterocycles. The Morgan fingerprint density at radius 1 is 1.42 bits per heavy atom. The van der Waals surface area contributed by atoms with E-state index < -0.39 is 15.3 Å². The van der Waals surface area contributed by atoms with E-state index in [-0.39, 0.29) is 6.54 Å². The van der Waals surface area contributed by atoms with Gasteiger partial charge in [0.05, 0.1) is 18.0 Å². The summed E-state index contributed by atoms with van der Waals surface area (Å²) in [6, 6.07) is 0. The molecule has 0 bridgehead atoms. The van der Waals surface area contributed by atoms with Crippen molar-refractivity contribution in [3.05, 3.63) is 17.8 Å². The first-order valence-electron chi connectivity index (χ1n) is 6.62. The molecule has 0 fully saturated rings. The Morgan fingerprint density at radius 3 is 2.74 bits per heavy atom.